The van der Waals surface area contributed by atoms with Crippen LogP contribution >= 0.6 is 34.5 Å². The first-order chi connectivity index (χ1) is 15.5. The van der Waals surface area contributed by atoms with Crippen LogP contribution in [0.5, 0.6) is 0 Å². The molecule has 4 heterocycles. The lowest BCUT2D eigenvalue weighted by atomic mass is 10.0. The van der Waals surface area contributed by atoms with Gasteiger partial charge in [-0.25, -0.2) is 18.2 Å². The Morgan fingerprint density at radius 2 is 1.94 bits per heavy atom. The van der Waals surface area contributed by atoms with Crippen LogP contribution in [0.4, 0.5) is 0 Å². The highest BCUT2D eigenvalue weighted by molar-refractivity contribution is 7.94. The molecule has 1 aliphatic heterocycles. The maximum absolute atomic E-state index is 13.3. The first-order valence-electron chi connectivity index (χ1n) is 9.57. The second-order valence-corrected chi connectivity index (χ2v) is 11.9. The molecule has 1 N–H and O–H groups in total. The van der Waals surface area contributed by atoms with Gasteiger partial charge in [0.05, 0.1) is 27.2 Å². The van der Waals surface area contributed by atoms with Crippen LogP contribution in [-0.4, -0.2) is 44.0 Å². The Hall–Kier alpha value is -2.73. The molecule has 5 rings (SSSR count). The molecule has 0 amide bonds. The number of hydrogen-bond donors (Lipinski definition) is 1. The van der Waals surface area contributed by atoms with E-state index in [2.05, 4.69) is 15.2 Å². The first-order valence-corrected chi connectivity index (χ1v) is 12.7. The number of carbonyl (C=O) groups is 1. The number of rotatable bonds is 3. The summed E-state index contributed by atoms with van der Waals surface area (Å²) in [5.74, 6) is -1.23. The number of carboxylic acids is 1. The van der Waals surface area contributed by atoms with Gasteiger partial charge in [0.2, 0.25) is 5.13 Å². The Morgan fingerprint density at radius 3 is 2.58 bits per heavy atom. The molecule has 0 radical (unpaired) electrons. The van der Waals surface area contributed by atoms with E-state index in [-0.39, 0.29) is 30.8 Å². The van der Waals surface area contributed by atoms with Crippen LogP contribution in [0.2, 0.25) is 10.0 Å². The van der Waals surface area contributed by atoms with Crippen LogP contribution in [0.1, 0.15) is 33.9 Å². The third-order valence-electron chi connectivity index (χ3n) is 5.53. The number of sulfone groups is 1. The molecule has 0 bridgehead atoms. The molecule has 13 heteroatoms. The van der Waals surface area contributed by atoms with Gasteiger partial charge in [0, 0.05) is 29.9 Å². The largest absolute Gasteiger partial charge is 0.476 e. The maximum atomic E-state index is 13.3. The Bertz CT molecular complexity index is 1590. The fourth-order valence-corrected chi connectivity index (χ4v) is 7.45. The van der Waals surface area contributed by atoms with Gasteiger partial charge in [0.1, 0.15) is 9.90 Å². The smallest absolute Gasteiger partial charge is 0.355 e. The minimum Gasteiger partial charge on any atom is -0.476 e. The first kappa shape index (κ1) is 22.1. The molecule has 170 valence electrons. The van der Waals surface area contributed by atoms with Gasteiger partial charge >= 0.3 is 5.97 Å². The minimum atomic E-state index is -3.78. The SMILES string of the molecule is Cc1nn(-c2nc3c(s2)S(=O)(=O)C(C)c2cc(Cl)c(Cl)cc2-3)c(C(=O)O)c1-c1cnn(C)c1. The van der Waals surface area contributed by atoms with E-state index in [1.165, 1.54) is 10.7 Å². The van der Waals surface area contributed by atoms with E-state index in [1.807, 2.05) is 0 Å². The highest BCUT2D eigenvalue weighted by Crippen LogP contribution is 2.49. The quantitative estimate of drug-likeness (QED) is 0.417. The Labute approximate surface area is 202 Å². The average molecular weight is 524 g/mol. The summed E-state index contributed by atoms with van der Waals surface area (Å²) in [7, 11) is -2.06. The summed E-state index contributed by atoms with van der Waals surface area (Å²) >= 11 is 13.2. The van der Waals surface area contributed by atoms with Crippen molar-refractivity contribution in [3.63, 3.8) is 0 Å². The van der Waals surface area contributed by atoms with E-state index in [4.69, 9.17) is 23.2 Å². The van der Waals surface area contributed by atoms with Crippen molar-refractivity contribution in [2.45, 2.75) is 23.3 Å². The number of aryl methyl sites for hydroxylation is 2. The van der Waals surface area contributed by atoms with Crippen LogP contribution in [0.15, 0.2) is 28.7 Å². The molecule has 33 heavy (non-hydrogen) atoms. The summed E-state index contributed by atoms with van der Waals surface area (Å²) in [5, 5.41) is 18.3. The number of aromatic carboxylic acids is 1. The van der Waals surface area contributed by atoms with Gasteiger partial charge in [0.25, 0.3) is 0 Å². The summed E-state index contributed by atoms with van der Waals surface area (Å²) in [6.07, 6.45) is 3.23. The highest BCUT2D eigenvalue weighted by atomic mass is 35.5. The summed E-state index contributed by atoms with van der Waals surface area (Å²) in [6, 6.07) is 3.12. The van der Waals surface area contributed by atoms with Crippen molar-refractivity contribution in [1.29, 1.82) is 0 Å². The highest BCUT2D eigenvalue weighted by Gasteiger charge is 2.39. The van der Waals surface area contributed by atoms with Crippen molar-refractivity contribution >= 4 is 50.3 Å². The number of halogens is 2. The summed E-state index contributed by atoms with van der Waals surface area (Å²) in [5.41, 5.74) is 2.50. The van der Waals surface area contributed by atoms with Crippen LogP contribution in [0.3, 0.4) is 0 Å². The van der Waals surface area contributed by atoms with E-state index in [0.717, 1.165) is 11.3 Å². The lowest BCUT2D eigenvalue weighted by molar-refractivity contribution is 0.0688. The van der Waals surface area contributed by atoms with Gasteiger partial charge in [-0.2, -0.15) is 14.9 Å². The molecule has 0 saturated heterocycles. The van der Waals surface area contributed by atoms with Crippen molar-refractivity contribution in [2.75, 3.05) is 0 Å². The molecule has 0 fully saturated rings. The standard InChI is InChI=1S/C20H15Cl2N5O4S2/c1-8-15(10-6-23-26(3)7-10)17(18(28)29)27(25-8)20-24-16-12-5-14(22)13(21)4-11(12)9(2)33(30,31)19(16)32-20/h4-7,9H,1-3H3,(H,28,29). The monoisotopic (exact) mass is 523 g/mol. The van der Waals surface area contributed by atoms with Crippen molar-refractivity contribution in [1.82, 2.24) is 24.5 Å². The molecule has 0 aliphatic carbocycles. The Kier molecular flexibility index (Phi) is 4.94. The predicted molar refractivity (Wildman–Crippen MR) is 124 cm³/mol. The number of aromatic nitrogens is 5. The molecular weight excluding hydrogens is 509 g/mol. The summed E-state index contributed by atoms with van der Waals surface area (Å²) in [4.78, 5) is 16.8. The Morgan fingerprint density at radius 1 is 1.24 bits per heavy atom. The van der Waals surface area contributed by atoms with Crippen molar-refractivity contribution in [3.8, 4) is 27.5 Å². The number of benzene rings is 1. The number of thiazole rings is 1. The molecule has 3 aromatic heterocycles. The lowest BCUT2D eigenvalue weighted by Crippen LogP contribution is -2.16. The second-order valence-electron chi connectivity index (χ2n) is 7.60. The van der Waals surface area contributed by atoms with Crippen LogP contribution < -0.4 is 0 Å². The molecule has 0 saturated carbocycles. The number of hydrogen-bond acceptors (Lipinski definition) is 7. The molecule has 1 unspecified atom stereocenters. The van der Waals surface area contributed by atoms with Gasteiger partial charge < -0.3 is 5.11 Å². The van der Waals surface area contributed by atoms with Crippen molar-refractivity contribution in [3.05, 3.63) is 51.5 Å². The fourth-order valence-electron chi connectivity index (χ4n) is 3.94. The van der Waals surface area contributed by atoms with E-state index < -0.39 is 21.1 Å². The van der Waals surface area contributed by atoms with Crippen molar-refractivity contribution in [2.24, 2.45) is 7.05 Å². The van der Waals surface area contributed by atoms with Gasteiger partial charge in [-0.1, -0.05) is 34.5 Å². The fraction of sp³-hybridized carbons (Fsp3) is 0.200. The zero-order valence-corrected chi connectivity index (χ0v) is 20.5. The predicted octanol–water partition coefficient (Wildman–Crippen LogP) is 4.56. The Balaban J connectivity index is 1.78. The lowest BCUT2D eigenvalue weighted by Gasteiger charge is -2.22. The zero-order valence-electron chi connectivity index (χ0n) is 17.4. The second kappa shape index (κ2) is 7.39. The molecule has 0 spiro atoms. The third-order valence-corrected chi connectivity index (χ3v) is 9.92. The molecule has 9 nitrogen and oxygen atoms in total. The molecule has 1 atom stereocenters. The number of nitrogens with zero attached hydrogens (tertiary/aromatic N) is 5. The molecule has 1 aliphatic rings. The van der Waals surface area contributed by atoms with E-state index >= 15 is 0 Å². The number of fused-ring (bicyclic) bond motifs is 3. The van der Waals surface area contributed by atoms with E-state index in [9.17, 15) is 18.3 Å². The summed E-state index contributed by atoms with van der Waals surface area (Å²) in [6.45, 7) is 3.25. The zero-order chi connectivity index (χ0) is 23.8. The summed E-state index contributed by atoms with van der Waals surface area (Å²) < 4.78 is 29.3. The van der Waals surface area contributed by atoms with Gasteiger partial charge in [0.15, 0.2) is 15.5 Å². The van der Waals surface area contributed by atoms with Gasteiger partial charge in [-0.3, -0.25) is 4.68 Å². The van der Waals surface area contributed by atoms with Gasteiger partial charge in [-0.15, -0.1) is 0 Å². The normalized spacial score (nSPS) is 16.5. The van der Waals surface area contributed by atoms with Gasteiger partial charge in [-0.05, 0) is 31.5 Å². The molecule has 4 aromatic rings. The molecular formula is C20H15Cl2N5O4S2. The van der Waals surface area contributed by atoms with E-state index in [1.54, 1.807) is 44.0 Å². The topological polar surface area (TPSA) is 120 Å². The van der Waals surface area contributed by atoms with Crippen LogP contribution in [0.25, 0.3) is 27.5 Å². The van der Waals surface area contributed by atoms with Crippen molar-refractivity contribution < 1.29 is 18.3 Å². The molecule has 1 aromatic carbocycles. The average Bonchev–Trinajstić information content (AvgIpc) is 3.44. The third kappa shape index (κ3) is 3.22. The van der Waals surface area contributed by atoms with E-state index in [0.29, 0.717) is 27.9 Å². The number of carboxylic acid groups (broad SMARTS) is 1. The maximum Gasteiger partial charge on any atom is 0.355 e. The van der Waals surface area contributed by atoms with Crippen LogP contribution in [0, 0.1) is 6.92 Å². The minimum absolute atomic E-state index is 0.0308. The van der Waals surface area contributed by atoms with Crippen LogP contribution in [-0.2, 0) is 16.9 Å².